The summed E-state index contributed by atoms with van der Waals surface area (Å²) in [6, 6.07) is 12.5. The van der Waals surface area contributed by atoms with Gasteiger partial charge in [0.2, 0.25) is 11.8 Å². The number of para-hydroxylation sites is 1. The molecule has 0 spiro atoms. The number of ether oxygens (including phenoxy) is 2. The SMILES string of the molecule is COc1ccc(OC)c(NC(=O)C(C)(C)C(=O)Nc2ccccc2C)c1. The number of carbonyl (C=O) groups excluding carboxylic acids is 2. The summed E-state index contributed by atoms with van der Waals surface area (Å²) in [5.41, 5.74) is 0.744. The second-order valence-electron chi connectivity index (χ2n) is 6.41. The number of carbonyl (C=O) groups is 2. The van der Waals surface area contributed by atoms with E-state index in [1.807, 2.05) is 25.1 Å². The molecule has 0 aromatic heterocycles. The normalized spacial score (nSPS) is 10.8. The Bertz CT molecular complexity index is 815. The van der Waals surface area contributed by atoms with Gasteiger partial charge in [0.1, 0.15) is 16.9 Å². The van der Waals surface area contributed by atoms with Crippen LogP contribution in [0.15, 0.2) is 42.5 Å². The molecule has 6 heteroatoms. The molecule has 2 amide bonds. The highest BCUT2D eigenvalue weighted by Crippen LogP contribution is 2.31. The van der Waals surface area contributed by atoms with E-state index in [2.05, 4.69) is 10.6 Å². The molecule has 0 saturated carbocycles. The molecule has 6 nitrogen and oxygen atoms in total. The minimum Gasteiger partial charge on any atom is -0.497 e. The zero-order valence-corrected chi connectivity index (χ0v) is 15.7. The molecule has 2 rings (SSSR count). The molecule has 0 atom stereocenters. The third-order valence-corrected chi connectivity index (χ3v) is 4.18. The van der Waals surface area contributed by atoms with E-state index in [1.54, 1.807) is 38.1 Å². The van der Waals surface area contributed by atoms with Crippen LogP contribution in [-0.2, 0) is 9.59 Å². The molecule has 26 heavy (non-hydrogen) atoms. The summed E-state index contributed by atoms with van der Waals surface area (Å²) in [5.74, 6) is 0.207. The predicted molar refractivity (Wildman–Crippen MR) is 102 cm³/mol. The molecule has 2 N–H and O–H groups in total. The van der Waals surface area contributed by atoms with Crippen molar-refractivity contribution in [3.05, 3.63) is 48.0 Å². The molecule has 0 bridgehead atoms. The quantitative estimate of drug-likeness (QED) is 0.775. The minimum atomic E-state index is -1.30. The van der Waals surface area contributed by atoms with E-state index in [4.69, 9.17) is 9.47 Å². The first-order valence-electron chi connectivity index (χ1n) is 8.20. The molecule has 2 aromatic rings. The number of hydrogen-bond donors (Lipinski definition) is 2. The molecule has 0 heterocycles. The smallest absolute Gasteiger partial charge is 0.239 e. The van der Waals surface area contributed by atoms with Crippen molar-refractivity contribution >= 4 is 23.2 Å². The van der Waals surface area contributed by atoms with Gasteiger partial charge in [-0.3, -0.25) is 9.59 Å². The Morgan fingerprint density at radius 1 is 0.885 bits per heavy atom. The van der Waals surface area contributed by atoms with Crippen molar-refractivity contribution in [2.24, 2.45) is 5.41 Å². The molecule has 0 aliphatic carbocycles. The standard InChI is InChI=1S/C20H24N2O4/c1-13-8-6-7-9-15(13)21-18(23)20(2,3)19(24)22-16-12-14(25-4)10-11-17(16)26-5/h6-12H,1-5H3,(H,21,23)(H,22,24). The Labute approximate surface area is 153 Å². The number of nitrogens with one attached hydrogen (secondary N) is 2. The predicted octanol–water partition coefficient (Wildman–Crippen LogP) is 3.62. The summed E-state index contributed by atoms with van der Waals surface area (Å²) in [4.78, 5) is 25.4. The maximum absolute atomic E-state index is 12.8. The maximum Gasteiger partial charge on any atom is 0.239 e. The molecule has 0 aliphatic rings. The van der Waals surface area contributed by atoms with Gasteiger partial charge in [-0.1, -0.05) is 18.2 Å². The van der Waals surface area contributed by atoms with Crippen molar-refractivity contribution in [3.8, 4) is 11.5 Å². The van der Waals surface area contributed by atoms with E-state index in [-0.39, 0.29) is 0 Å². The molecular weight excluding hydrogens is 332 g/mol. The van der Waals surface area contributed by atoms with Crippen molar-refractivity contribution < 1.29 is 19.1 Å². The van der Waals surface area contributed by atoms with Gasteiger partial charge < -0.3 is 20.1 Å². The zero-order chi connectivity index (χ0) is 19.3. The van der Waals surface area contributed by atoms with Crippen molar-refractivity contribution in [2.45, 2.75) is 20.8 Å². The second-order valence-corrected chi connectivity index (χ2v) is 6.41. The lowest BCUT2D eigenvalue weighted by Crippen LogP contribution is -2.41. The Morgan fingerprint density at radius 3 is 2.08 bits per heavy atom. The summed E-state index contributed by atoms with van der Waals surface area (Å²) >= 11 is 0. The van der Waals surface area contributed by atoms with E-state index in [9.17, 15) is 9.59 Å². The molecule has 0 unspecified atom stereocenters. The lowest BCUT2D eigenvalue weighted by atomic mass is 9.90. The van der Waals surface area contributed by atoms with Crippen LogP contribution >= 0.6 is 0 Å². The number of rotatable bonds is 6. The van der Waals surface area contributed by atoms with E-state index in [0.29, 0.717) is 22.9 Å². The highest BCUT2D eigenvalue weighted by atomic mass is 16.5. The molecule has 0 saturated heterocycles. The number of benzene rings is 2. The lowest BCUT2D eigenvalue weighted by molar-refractivity contribution is -0.135. The van der Waals surface area contributed by atoms with Crippen LogP contribution in [-0.4, -0.2) is 26.0 Å². The van der Waals surface area contributed by atoms with Crippen molar-refractivity contribution in [1.82, 2.24) is 0 Å². The van der Waals surface area contributed by atoms with Crippen molar-refractivity contribution in [1.29, 1.82) is 0 Å². The first kappa shape index (κ1) is 19.3. The topological polar surface area (TPSA) is 76.7 Å². The largest absolute Gasteiger partial charge is 0.497 e. The number of amides is 2. The van der Waals surface area contributed by atoms with Gasteiger partial charge in [-0.2, -0.15) is 0 Å². The Hall–Kier alpha value is -3.02. The third kappa shape index (κ3) is 4.14. The Kier molecular flexibility index (Phi) is 5.87. The molecular formula is C20H24N2O4. The van der Waals surface area contributed by atoms with Crippen LogP contribution < -0.4 is 20.1 Å². The summed E-state index contributed by atoms with van der Waals surface area (Å²) in [5, 5.41) is 5.57. The van der Waals surface area contributed by atoms with Gasteiger partial charge in [0.05, 0.1) is 19.9 Å². The monoisotopic (exact) mass is 356 g/mol. The Balaban J connectivity index is 2.19. The highest BCUT2D eigenvalue weighted by molar-refractivity contribution is 6.14. The van der Waals surface area contributed by atoms with Gasteiger partial charge in [-0.25, -0.2) is 0 Å². The molecule has 2 aromatic carbocycles. The average molecular weight is 356 g/mol. The van der Waals surface area contributed by atoms with Crippen LogP contribution in [0, 0.1) is 12.3 Å². The molecule has 138 valence electrons. The lowest BCUT2D eigenvalue weighted by Gasteiger charge is -2.24. The second kappa shape index (κ2) is 7.91. The van der Waals surface area contributed by atoms with Crippen molar-refractivity contribution in [2.75, 3.05) is 24.9 Å². The van der Waals surface area contributed by atoms with E-state index in [0.717, 1.165) is 5.56 Å². The first-order chi connectivity index (χ1) is 12.3. The van der Waals surface area contributed by atoms with Gasteiger partial charge in [-0.05, 0) is 44.5 Å². The van der Waals surface area contributed by atoms with Gasteiger partial charge in [-0.15, -0.1) is 0 Å². The molecule has 0 aliphatic heterocycles. The van der Waals surface area contributed by atoms with Crippen LogP contribution in [0.3, 0.4) is 0 Å². The van der Waals surface area contributed by atoms with Crippen LogP contribution in [0.25, 0.3) is 0 Å². The van der Waals surface area contributed by atoms with Crippen molar-refractivity contribution in [3.63, 3.8) is 0 Å². The zero-order valence-electron chi connectivity index (χ0n) is 15.7. The van der Waals surface area contributed by atoms with E-state index in [1.165, 1.54) is 14.2 Å². The summed E-state index contributed by atoms with van der Waals surface area (Å²) in [6.45, 7) is 5.04. The van der Waals surface area contributed by atoms with E-state index >= 15 is 0 Å². The summed E-state index contributed by atoms with van der Waals surface area (Å²) in [7, 11) is 3.04. The highest BCUT2D eigenvalue weighted by Gasteiger charge is 2.36. The number of aryl methyl sites for hydroxylation is 1. The van der Waals surface area contributed by atoms with E-state index < -0.39 is 17.2 Å². The fourth-order valence-electron chi connectivity index (χ4n) is 2.29. The number of methoxy groups -OCH3 is 2. The minimum absolute atomic E-state index is 0.397. The fourth-order valence-corrected chi connectivity index (χ4v) is 2.29. The van der Waals surface area contributed by atoms with Gasteiger partial charge in [0.15, 0.2) is 0 Å². The van der Waals surface area contributed by atoms with Crippen LogP contribution in [0.4, 0.5) is 11.4 Å². The maximum atomic E-state index is 12.8. The van der Waals surface area contributed by atoms with Gasteiger partial charge >= 0.3 is 0 Å². The summed E-state index contributed by atoms with van der Waals surface area (Å²) < 4.78 is 10.4. The van der Waals surface area contributed by atoms with Crippen LogP contribution in [0.1, 0.15) is 19.4 Å². The van der Waals surface area contributed by atoms with Crippen LogP contribution in [0.5, 0.6) is 11.5 Å². The fraction of sp³-hybridized carbons (Fsp3) is 0.300. The third-order valence-electron chi connectivity index (χ3n) is 4.18. The molecule has 0 radical (unpaired) electrons. The van der Waals surface area contributed by atoms with Gasteiger partial charge in [0, 0.05) is 11.8 Å². The average Bonchev–Trinajstić information content (AvgIpc) is 2.63. The number of anilines is 2. The first-order valence-corrected chi connectivity index (χ1v) is 8.20. The number of hydrogen-bond acceptors (Lipinski definition) is 4. The van der Waals surface area contributed by atoms with Gasteiger partial charge in [0.25, 0.3) is 0 Å². The molecule has 0 fully saturated rings. The van der Waals surface area contributed by atoms with Crippen LogP contribution in [0.2, 0.25) is 0 Å². The Morgan fingerprint density at radius 2 is 1.50 bits per heavy atom. The summed E-state index contributed by atoms with van der Waals surface area (Å²) in [6.07, 6.45) is 0.